The molecule has 0 bridgehead atoms. The molecule has 0 aliphatic carbocycles. The summed E-state index contributed by atoms with van der Waals surface area (Å²) in [7, 11) is 1.64. The van der Waals surface area contributed by atoms with Crippen LogP contribution in [0.15, 0.2) is 18.2 Å². The maximum atomic E-state index is 9.90. The Bertz CT molecular complexity index is 325. The lowest BCUT2D eigenvalue weighted by molar-refractivity contribution is 0.0560. The first-order valence-corrected chi connectivity index (χ1v) is 5.39. The van der Waals surface area contributed by atoms with Crippen LogP contribution in [0.1, 0.15) is 30.6 Å². The second-order valence-electron chi connectivity index (χ2n) is 3.81. The number of ether oxygens (including phenoxy) is 1. The summed E-state index contributed by atoms with van der Waals surface area (Å²) in [6.07, 6.45) is 0.105. The number of aliphatic hydroxyl groups is 1. The molecule has 0 saturated carbocycles. The van der Waals surface area contributed by atoms with E-state index in [0.717, 1.165) is 11.1 Å². The Kier molecular flexibility index (Phi) is 4.58. The molecule has 2 nitrogen and oxygen atoms in total. The Balaban J connectivity index is 2.73. The molecule has 0 aromatic heterocycles. The van der Waals surface area contributed by atoms with Gasteiger partial charge in [-0.05, 0) is 31.0 Å². The Morgan fingerprint density at radius 1 is 1.47 bits per heavy atom. The Labute approximate surface area is 95.8 Å². The van der Waals surface area contributed by atoms with E-state index >= 15 is 0 Å². The zero-order valence-electron chi connectivity index (χ0n) is 9.33. The molecule has 1 N–H and O–H groups in total. The molecular weight excluding hydrogens is 212 g/mol. The van der Waals surface area contributed by atoms with Crippen LogP contribution in [0, 0.1) is 6.92 Å². The summed E-state index contributed by atoms with van der Waals surface area (Å²) in [6.45, 7) is 3.87. The highest BCUT2D eigenvalue weighted by Gasteiger charge is 2.12. The lowest BCUT2D eigenvalue weighted by Crippen LogP contribution is -2.11. The normalized spacial score (nSPS) is 15.0. The van der Waals surface area contributed by atoms with Gasteiger partial charge < -0.3 is 9.84 Å². The van der Waals surface area contributed by atoms with E-state index in [2.05, 4.69) is 0 Å². The van der Waals surface area contributed by atoms with Crippen LogP contribution in [0.5, 0.6) is 0 Å². The van der Waals surface area contributed by atoms with Gasteiger partial charge in [0, 0.05) is 18.6 Å². The van der Waals surface area contributed by atoms with E-state index in [1.165, 1.54) is 0 Å². The fraction of sp³-hybridized carbons (Fsp3) is 0.500. The Hall–Kier alpha value is -0.570. The number of aliphatic hydroxyl groups excluding tert-OH is 1. The van der Waals surface area contributed by atoms with Crippen LogP contribution in [0.3, 0.4) is 0 Å². The van der Waals surface area contributed by atoms with Crippen molar-refractivity contribution in [2.75, 3.05) is 7.11 Å². The van der Waals surface area contributed by atoms with Crippen molar-refractivity contribution in [3.05, 3.63) is 34.3 Å². The van der Waals surface area contributed by atoms with Crippen LogP contribution in [0.25, 0.3) is 0 Å². The molecule has 15 heavy (non-hydrogen) atoms. The van der Waals surface area contributed by atoms with Gasteiger partial charge >= 0.3 is 0 Å². The number of benzene rings is 1. The number of halogens is 1. The lowest BCUT2D eigenvalue weighted by atomic mass is 10.0. The first-order valence-electron chi connectivity index (χ1n) is 5.01. The Morgan fingerprint density at radius 2 is 2.13 bits per heavy atom. The van der Waals surface area contributed by atoms with Gasteiger partial charge in [-0.1, -0.05) is 23.7 Å². The molecule has 0 fully saturated rings. The molecule has 0 spiro atoms. The molecule has 2 unspecified atom stereocenters. The summed E-state index contributed by atoms with van der Waals surface area (Å²) < 4.78 is 5.10. The quantitative estimate of drug-likeness (QED) is 0.858. The molecule has 0 radical (unpaired) electrons. The average Bonchev–Trinajstić information content (AvgIpc) is 2.21. The van der Waals surface area contributed by atoms with Crippen LogP contribution < -0.4 is 0 Å². The molecule has 1 rings (SSSR count). The second kappa shape index (κ2) is 5.50. The average molecular weight is 229 g/mol. The van der Waals surface area contributed by atoms with Gasteiger partial charge in [0.1, 0.15) is 0 Å². The monoisotopic (exact) mass is 228 g/mol. The number of hydrogen-bond acceptors (Lipinski definition) is 2. The first-order chi connectivity index (χ1) is 7.04. The molecule has 0 saturated heterocycles. The third-order valence-corrected chi connectivity index (χ3v) is 2.95. The molecular formula is C12H17ClO2. The van der Waals surface area contributed by atoms with Crippen molar-refractivity contribution in [3.8, 4) is 0 Å². The molecule has 84 valence electrons. The van der Waals surface area contributed by atoms with E-state index in [4.69, 9.17) is 16.3 Å². The van der Waals surface area contributed by atoms with Gasteiger partial charge in [0.15, 0.2) is 0 Å². The largest absolute Gasteiger partial charge is 0.388 e. The summed E-state index contributed by atoms with van der Waals surface area (Å²) in [5, 5.41) is 10.6. The van der Waals surface area contributed by atoms with Gasteiger partial charge in [-0.15, -0.1) is 0 Å². The highest BCUT2D eigenvalue weighted by molar-refractivity contribution is 6.31. The van der Waals surface area contributed by atoms with Crippen molar-refractivity contribution < 1.29 is 9.84 Å². The second-order valence-corrected chi connectivity index (χ2v) is 4.21. The zero-order valence-corrected chi connectivity index (χ0v) is 10.1. The van der Waals surface area contributed by atoms with Crippen molar-refractivity contribution in [3.63, 3.8) is 0 Å². The third-order valence-electron chi connectivity index (χ3n) is 2.54. The fourth-order valence-electron chi connectivity index (χ4n) is 1.36. The van der Waals surface area contributed by atoms with E-state index in [0.29, 0.717) is 11.4 Å². The van der Waals surface area contributed by atoms with Crippen LogP contribution in [-0.4, -0.2) is 18.3 Å². The minimum absolute atomic E-state index is 0.0417. The van der Waals surface area contributed by atoms with Gasteiger partial charge in [0.05, 0.1) is 12.2 Å². The predicted octanol–water partition coefficient (Wildman–Crippen LogP) is 3.11. The van der Waals surface area contributed by atoms with E-state index in [1.807, 2.05) is 32.0 Å². The van der Waals surface area contributed by atoms with Crippen LogP contribution >= 0.6 is 11.6 Å². The fourth-order valence-corrected chi connectivity index (χ4v) is 1.55. The summed E-state index contributed by atoms with van der Waals surface area (Å²) in [5.74, 6) is 0. The number of aryl methyl sites for hydroxylation is 1. The van der Waals surface area contributed by atoms with E-state index in [1.54, 1.807) is 7.11 Å². The first kappa shape index (κ1) is 12.5. The van der Waals surface area contributed by atoms with E-state index in [-0.39, 0.29) is 6.10 Å². The molecule has 0 aliphatic rings. The maximum absolute atomic E-state index is 9.90. The van der Waals surface area contributed by atoms with Crippen molar-refractivity contribution in [1.29, 1.82) is 0 Å². The van der Waals surface area contributed by atoms with Crippen molar-refractivity contribution in [2.45, 2.75) is 32.5 Å². The SMILES string of the molecule is COC(C)CC(O)c1ccc(C)c(Cl)c1. The van der Waals surface area contributed by atoms with Gasteiger partial charge in [-0.3, -0.25) is 0 Å². The molecule has 3 heteroatoms. The van der Waals surface area contributed by atoms with E-state index in [9.17, 15) is 5.11 Å². The molecule has 0 amide bonds. The van der Waals surface area contributed by atoms with Crippen LogP contribution in [-0.2, 0) is 4.74 Å². The minimum atomic E-state index is -0.516. The van der Waals surface area contributed by atoms with Crippen LogP contribution in [0.4, 0.5) is 0 Å². The van der Waals surface area contributed by atoms with Gasteiger partial charge in [-0.25, -0.2) is 0 Å². The molecule has 1 aromatic rings. The highest BCUT2D eigenvalue weighted by atomic mass is 35.5. The number of methoxy groups -OCH3 is 1. The zero-order chi connectivity index (χ0) is 11.4. The van der Waals surface area contributed by atoms with Gasteiger partial charge in [-0.2, -0.15) is 0 Å². The number of rotatable bonds is 4. The third kappa shape index (κ3) is 3.49. The summed E-state index contributed by atoms with van der Waals surface area (Å²) in [6, 6.07) is 5.62. The summed E-state index contributed by atoms with van der Waals surface area (Å²) >= 11 is 5.99. The van der Waals surface area contributed by atoms with Gasteiger partial charge in [0.25, 0.3) is 0 Å². The van der Waals surface area contributed by atoms with Crippen molar-refractivity contribution in [2.24, 2.45) is 0 Å². The lowest BCUT2D eigenvalue weighted by Gasteiger charge is -2.16. The maximum Gasteiger partial charge on any atom is 0.0815 e. The molecule has 2 atom stereocenters. The summed E-state index contributed by atoms with van der Waals surface area (Å²) in [4.78, 5) is 0. The van der Waals surface area contributed by atoms with Crippen LogP contribution in [0.2, 0.25) is 5.02 Å². The minimum Gasteiger partial charge on any atom is -0.388 e. The van der Waals surface area contributed by atoms with Gasteiger partial charge in [0.2, 0.25) is 0 Å². The standard InChI is InChI=1S/C12H17ClO2/c1-8-4-5-10(7-11(8)13)12(14)6-9(2)15-3/h4-5,7,9,12,14H,6H2,1-3H3. The topological polar surface area (TPSA) is 29.5 Å². The van der Waals surface area contributed by atoms with Crippen molar-refractivity contribution in [1.82, 2.24) is 0 Å². The number of hydrogen-bond donors (Lipinski definition) is 1. The van der Waals surface area contributed by atoms with E-state index < -0.39 is 6.10 Å². The molecule has 0 heterocycles. The van der Waals surface area contributed by atoms with Crippen molar-refractivity contribution >= 4 is 11.6 Å². The molecule has 1 aromatic carbocycles. The highest BCUT2D eigenvalue weighted by Crippen LogP contribution is 2.24. The smallest absolute Gasteiger partial charge is 0.0815 e. The predicted molar refractivity (Wildman–Crippen MR) is 62.2 cm³/mol. The molecule has 0 aliphatic heterocycles. The summed E-state index contributed by atoms with van der Waals surface area (Å²) in [5.41, 5.74) is 1.86. The Morgan fingerprint density at radius 3 is 2.67 bits per heavy atom.